The molecule has 1 aliphatic heterocycles. The monoisotopic (exact) mass is 423 g/mol. The van der Waals surface area contributed by atoms with E-state index in [1.54, 1.807) is 23.5 Å². The van der Waals surface area contributed by atoms with Gasteiger partial charge in [0.05, 0.1) is 15.2 Å². The fourth-order valence-corrected chi connectivity index (χ4v) is 5.20. The molecule has 29 heavy (non-hydrogen) atoms. The van der Waals surface area contributed by atoms with Crippen molar-refractivity contribution in [3.05, 3.63) is 74.6 Å². The number of pyridine rings is 1. The zero-order valence-corrected chi connectivity index (χ0v) is 17.1. The molecule has 3 heterocycles. The first-order valence-corrected chi connectivity index (χ1v) is 10.8. The number of thiazole rings is 1. The van der Waals surface area contributed by atoms with Gasteiger partial charge in [0.25, 0.3) is 11.5 Å². The number of fused-ring (bicyclic) bond motifs is 2. The average molecular weight is 424 g/mol. The van der Waals surface area contributed by atoms with Crippen molar-refractivity contribution in [2.45, 2.75) is 18.8 Å². The number of carbonyl (C=O) groups is 1. The standard InChI is InChI=1S/C22H18ClN3O2S/c23-15-5-6-19-17(12-15)25-21(29-19)13-7-9-26(10-8-13)22(28)18-11-14-3-1-2-4-16(14)20(27)24-18/h1-6,11-13H,7-10H2,(H,24,27). The number of hydrogen-bond donors (Lipinski definition) is 1. The van der Waals surface area contributed by atoms with Gasteiger partial charge in [0.15, 0.2) is 0 Å². The molecule has 1 aliphatic rings. The van der Waals surface area contributed by atoms with E-state index in [4.69, 9.17) is 16.6 Å². The SMILES string of the molecule is O=C(c1cc2ccccc2c(=O)[nH]1)N1CCC(c2nc3cc(Cl)ccc3s2)CC1. The summed E-state index contributed by atoms with van der Waals surface area (Å²) in [7, 11) is 0. The molecule has 146 valence electrons. The van der Waals surface area contributed by atoms with Gasteiger partial charge >= 0.3 is 0 Å². The second-order valence-corrected chi connectivity index (χ2v) is 8.83. The molecule has 2 aromatic carbocycles. The number of aromatic nitrogens is 2. The van der Waals surface area contributed by atoms with Crippen LogP contribution in [0.15, 0.2) is 53.3 Å². The molecule has 0 bridgehead atoms. The van der Waals surface area contributed by atoms with Crippen molar-refractivity contribution in [1.82, 2.24) is 14.9 Å². The molecule has 1 saturated heterocycles. The van der Waals surface area contributed by atoms with Crippen LogP contribution in [-0.4, -0.2) is 33.9 Å². The predicted molar refractivity (Wildman–Crippen MR) is 117 cm³/mol. The van der Waals surface area contributed by atoms with Crippen LogP contribution >= 0.6 is 22.9 Å². The molecular formula is C22H18ClN3O2S. The molecule has 0 saturated carbocycles. The molecule has 0 atom stereocenters. The maximum absolute atomic E-state index is 12.9. The van der Waals surface area contributed by atoms with Gasteiger partial charge in [-0.25, -0.2) is 4.98 Å². The average Bonchev–Trinajstić information content (AvgIpc) is 3.16. The highest BCUT2D eigenvalue weighted by atomic mass is 35.5. The van der Waals surface area contributed by atoms with Crippen molar-refractivity contribution in [3.8, 4) is 0 Å². The molecule has 1 N–H and O–H groups in total. The van der Waals surface area contributed by atoms with Gasteiger partial charge in [-0.3, -0.25) is 9.59 Å². The molecule has 1 fully saturated rings. The molecule has 5 rings (SSSR count). The van der Waals surface area contributed by atoms with Crippen LogP contribution in [0.4, 0.5) is 0 Å². The van der Waals surface area contributed by atoms with Crippen LogP contribution in [0.5, 0.6) is 0 Å². The molecule has 1 amide bonds. The van der Waals surface area contributed by atoms with Crippen LogP contribution in [0, 0.1) is 0 Å². The molecule has 5 nitrogen and oxygen atoms in total. The number of halogens is 1. The Labute approximate surface area is 176 Å². The molecule has 0 spiro atoms. The number of nitrogens with one attached hydrogen (secondary N) is 1. The summed E-state index contributed by atoms with van der Waals surface area (Å²) >= 11 is 7.77. The first-order chi connectivity index (χ1) is 14.1. The van der Waals surface area contributed by atoms with Gasteiger partial charge in [-0.2, -0.15) is 0 Å². The topological polar surface area (TPSA) is 66.1 Å². The number of likely N-dealkylation sites (tertiary alicyclic amines) is 1. The normalized spacial score (nSPS) is 15.3. The van der Waals surface area contributed by atoms with Crippen molar-refractivity contribution in [2.75, 3.05) is 13.1 Å². The smallest absolute Gasteiger partial charge is 0.270 e. The minimum Gasteiger partial charge on any atom is -0.337 e. The molecule has 7 heteroatoms. The van der Waals surface area contributed by atoms with Crippen LogP contribution in [0.2, 0.25) is 5.02 Å². The Morgan fingerprint density at radius 3 is 2.76 bits per heavy atom. The molecular weight excluding hydrogens is 406 g/mol. The minimum atomic E-state index is -0.227. The first kappa shape index (κ1) is 18.3. The Morgan fingerprint density at radius 1 is 1.14 bits per heavy atom. The third-order valence-corrected chi connectivity index (χ3v) is 6.92. The summed E-state index contributed by atoms with van der Waals surface area (Å²) in [5.41, 5.74) is 1.06. The van der Waals surface area contributed by atoms with E-state index in [0.29, 0.717) is 35.1 Å². The molecule has 0 aliphatic carbocycles. The Bertz CT molecular complexity index is 1290. The lowest BCUT2D eigenvalue weighted by Gasteiger charge is -2.31. The summed E-state index contributed by atoms with van der Waals surface area (Å²) in [5.74, 6) is 0.216. The van der Waals surface area contributed by atoms with E-state index in [0.717, 1.165) is 33.5 Å². The van der Waals surface area contributed by atoms with E-state index in [2.05, 4.69) is 4.98 Å². The van der Waals surface area contributed by atoms with Crippen molar-refractivity contribution in [3.63, 3.8) is 0 Å². The molecule has 4 aromatic rings. The number of carbonyl (C=O) groups excluding carboxylic acids is 1. The number of aromatic amines is 1. The van der Waals surface area contributed by atoms with Gasteiger partial charge in [0, 0.05) is 29.4 Å². The van der Waals surface area contributed by atoms with Gasteiger partial charge in [-0.15, -0.1) is 11.3 Å². The van der Waals surface area contributed by atoms with Crippen LogP contribution < -0.4 is 5.56 Å². The summed E-state index contributed by atoms with van der Waals surface area (Å²) in [6.07, 6.45) is 1.72. The van der Waals surface area contributed by atoms with Crippen LogP contribution in [0.25, 0.3) is 21.0 Å². The Hall–Kier alpha value is -2.70. The highest BCUT2D eigenvalue weighted by molar-refractivity contribution is 7.18. The number of piperidine rings is 1. The van der Waals surface area contributed by atoms with Gasteiger partial charge in [-0.05, 0) is 48.6 Å². The number of nitrogens with zero attached hydrogens (tertiary/aromatic N) is 2. The number of rotatable bonds is 2. The summed E-state index contributed by atoms with van der Waals surface area (Å²) in [4.78, 5) is 34.6. The fourth-order valence-electron chi connectivity index (χ4n) is 3.92. The van der Waals surface area contributed by atoms with Crippen molar-refractivity contribution >= 4 is 49.8 Å². The highest BCUT2D eigenvalue weighted by Crippen LogP contribution is 2.35. The molecule has 0 unspecified atom stereocenters. The van der Waals surface area contributed by atoms with Gasteiger partial charge < -0.3 is 9.88 Å². The third kappa shape index (κ3) is 3.43. The van der Waals surface area contributed by atoms with E-state index in [1.807, 2.05) is 41.3 Å². The quantitative estimate of drug-likeness (QED) is 0.503. The lowest BCUT2D eigenvalue weighted by atomic mass is 9.97. The molecule has 2 aromatic heterocycles. The molecule has 0 radical (unpaired) electrons. The Balaban J connectivity index is 1.33. The number of hydrogen-bond acceptors (Lipinski definition) is 4. The lowest BCUT2D eigenvalue weighted by molar-refractivity contribution is 0.0707. The number of amides is 1. The zero-order valence-electron chi connectivity index (χ0n) is 15.5. The van der Waals surface area contributed by atoms with E-state index in [9.17, 15) is 9.59 Å². The Morgan fingerprint density at radius 2 is 1.93 bits per heavy atom. The Kier molecular flexibility index (Phi) is 4.60. The third-order valence-electron chi connectivity index (χ3n) is 5.48. The zero-order chi connectivity index (χ0) is 20.0. The number of H-pyrrole nitrogens is 1. The van der Waals surface area contributed by atoms with Crippen LogP contribution in [0.3, 0.4) is 0 Å². The first-order valence-electron chi connectivity index (χ1n) is 9.56. The van der Waals surface area contributed by atoms with Crippen molar-refractivity contribution in [2.24, 2.45) is 0 Å². The van der Waals surface area contributed by atoms with Gasteiger partial charge in [0.1, 0.15) is 5.69 Å². The van der Waals surface area contributed by atoms with Crippen LogP contribution in [0.1, 0.15) is 34.3 Å². The lowest BCUT2D eigenvalue weighted by Crippen LogP contribution is -2.38. The van der Waals surface area contributed by atoms with Gasteiger partial charge in [-0.1, -0.05) is 29.8 Å². The second-order valence-electron chi connectivity index (χ2n) is 7.33. The van der Waals surface area contributed by atoms with E-state index < -0.39 is 0 Å². The number of benzene rings is 2. The highest BCUT2D eigenvalue weighted by Gasteiger charge is 2.27. The second kappa shape index (κ2) is 7.28. The van der Waals surface area contributed by atoms with E-state index >= 15 is 0 Å². The maximum atomic E-state index is 12.9. The minimum absolute atomic E-state index is 0.123. The largest absolute Gasteiger partial charge is 0.337 e. The summed E-state index contributed by atoms with van der Waals surface area (Å²) in [6, 6.07) is 14.9. The van der Waals surface area contributed by atoms with E-state index in [1.165, 1.54) is 0 Å². The fraction of sp³-hybridized carbons (Fsp3) is 0.227. The summed E-state index contributed by atoms with van der Waals surface area (Å²) < 4.78 is 1.14. The van der Waals surface area contributed by atoms with Crippen molar-refractivity contribution in [1.29, 1.82) is 0 Å². The summed E-state index contributed by atoms with van der Waals surface area (Å²) in [6.45, 7) is 1.30. The van der Waals surface area contributed by atoms with Crippen molar-refractivity contribution < 1.29 is 4.79 Å². The van der Waals surface area contributed by atoms with Crippen LogP contribution in [-0.2, 0) is 0 Å². The van der Waals surface area contributed by atoms with Gasteiger partial charge in [0.2, 0.25) is 0 Å². The predicted octanol–water partition coefficient (Wildman–Crippen LogP) is 4.81. The maximum Gasteiger partial charge on any atom is 0.270 e. The summed E-state index contributed by atoms with van der Waals surface area (Å²) in [5, 5.41) is 3.17. The van der Waals surface area contributed by atoms with E-state index in [-0.39, 0.29) is 11.5 Å².